The third-order valence-electron chi connectivity index (χ3n) is 2.68. The second-order valence-electron chi connectivity index (χ2n) is 4.13. The van der Waals surface area contributed by atoms with Gasteiger partial charge in [0.1, 0.15) is 6.54 Å². The number of likely N-dealkylation sites (N-methyl/N-ethyl adjacent to an activating group) is 1. The van der Waals surface area contributed by atoms with Gasteiger partial charge in [0.05, 0.1) is 6.04 Å². The summed E-state index contributed by atoms with van der Waals surface area (Å²) in [6, 6.07) is 7.05. The maximum absolute atomic E-state index is 11.9. The molecule has 0 radical (unpaired) electrons. The van der Waals surface area contributed by atoms with Crippen LogP contribution in [-0.2, 0) is 4.79 Å². The van der Waals surface area contributed by atoms with Crippen molar-refractivity contribution in [1.82, 2.24) is 10.2 Å². The second-order valence-corrected chi connectivity index (χ2v) is 5.05. The van der Waals surface area contributed by atoms with Crippen molar-refractivity contribution in [2.24, 2.45) is 0 Å². The normalized spacial score (nSPS) is 11.7. The van der Waals surface area contributed by atoms with Crippen molar-refractivity contribution in [3.8, 4) is 0 Å². The minimum Gasteiger partial charge on any atom is -0.480 e. The summed E-state index contributed by atoms with van der Waals surface area (Å²) in [6.07, 6.45) is 0. The topological polar surface area (TPSA) is 69.6 Å². The number of rotatable bonds is 5. The Morgan fingerprint density at radius 2 is 2.16 bits per heavy atom. The fraction of sp³-hybridized carbons (Fsp3) is 0.385. The van der Waals surface area contributed by atoms with E-state index in [1.54, 1.807) is 6.92 Å². The summed E-state index contributed by atoms with van der Waals surface area (Å²) < 4.78 is 0.934. The van der Waals surface area contributed by atoms with Crippen molar-refractivity contribution >= 4 is 27.9 Å². The summed E-state index contributed by atoms with van der Waals surface area (Å²) in [5.41, 5.74) is 0.953. The van der Waals surface area contributed by atoms with Crippen molar-refractivity contribution in [1.29, 1.82) is 0 Å². The molecule has 19 heavy (non-hydrogen) atoms. The average Bonchev–Trinajstić information content (AvgIpc) is 2.35. The van der Waals surface area contributed by atoms with E-state index in [1.165, 1.54) is 4.90 Å². The Balaban J connectivity index is 2.67. The molecule has 2 N–H and O–H groups in total. The fourth-order valence-corrected chi connectivity index (χ4v) is 2.04. The zero-order valence-electron chi connectivity index (χ0n) is 10.9. The molecule has 0 aliphatic heterocycles. The molecule has 1 rings (SSSR count). The molecule has 1 unspecified atom stereocenters. The molecule has 1 aromatic carbocycles. The smallest absolute Gasteiger partial charge is 0.323 e. The predicted molar refractivity (Wildman–Crippen MR) is 76.0 cm³/mol. The maximum atomic E-state index is 11.9. The van der Waals surface area contributed by atoms with Gasteiger partial charge in [-0.15, -0.1) is 0 Å². The van der Waals surface area contributed by atoms with E-state index >= 15 is 0 Å². The van der Waals surface area contributed by atoms with Gasteiger partial charge in [-0.05, 0) is 31.5 Å². The summed E-state index contributed by atoms with van der Waals surface area (Å²) in [4.78, 5) is 23.8. The first-order valence-corrected chi connectivity index (χ1v) is 6.76. The Morgan fingerprint density at radius 3 is 2.68 bits per heavy atom. The third-order valence-corrected chi connectivity index (χ3v) is 3.18. The van der Waals surface area contributed by atoms with E-state index in [4.69, 9.17) is 5.11 Å². The summed E-state index contributed by atoms with van der Waals surface area (Å²) in [5.74, 6) is -1.02. The lowest BCUT2D eigenvalue weighted by Crippen LogP contribution is -2.43. The summed E-state index contributed by atoms with van der Waals surface area (Å²) >= 11 is 3.37. The van der Waals surface area contributed by atoms with Crippen LogP contribution in [0.3, 0.4) is 0 Å². The van der Waals surface area contributed by atoms with E-state index in [0.29, 0.717) is 6.54 Å². The van der Waals surface area contributed by atoms with Crippen LogP contribution in [0.25, 0.3) is 0 Å². The van der Waals surface area contributed by atoms with E-state index in [-0.39, 0.29) is 18.6 Å². The monoisotopic (exact) mass is 328 g/mol. The zero-order valence-corrected chi connectivity index (χ0v) is 12.5. The molecular weight excluding hydrogens is 312 g/mol. The van der Waals surface area contributed by atoms with E-state index in [1.807, 2.05) is 31.2 Å². The van der Waals surface area contributed by atoms with Gasteiger partial charge < -0.3 is 15.3 Å². The Hall–Kier alpha value is -1.56. The Labute approximate surface area is 120 Å². The Bertz CT molecular complexity index is 465. The van der Waals surface area contributed by atoms with Crippen molar-refractivity contribution in [3.63, 3.8) is 0 Å². The number of nitrogens with zero attached hydrogens (tertiary/aromatic N) is 1. The standard InChI is InChI=1S/C13H17BrN2O3/c1-3-16(8-12(17)18)13(19)15-9(2)10-5-4-6-11(14)7-10/h4-7,9H,3,8H2,1-2H3,(H,15,19)(H,17,18). The number of urea groups is 1. The van der Waals surface area contributed by atoms with Crippen LogP contribution in [0.2, 0.25) is 0 Å². The molecule has 6 heteroatoms. The quantitative estimate of drug-likeness (QED) is 0.872. The number of nitrogens with one attached hydrogen (secondary N) is 1. The minimum absolute atomic E-state index is 0.187. The van der Waals surface area contributed by atoms with Gasteiger partial charge in [-0.3, -0.25) is 4.79 Å². The summed E-state index contributed by atoms with van der Waals surface area (Å²) in [6.45, 7) is 3.65. The first-order chi connectivity index (χ1) is 8.93. The predicted octanol–water partition coefficient (Wildman–Crippen LogP) is 2.63. The highest BCUT2D eigenvalue weighted by molar-refractivity contribution is 9.10. The van der Waals surface area contributed by atoms with Crippen LogP contribution < -0.4 is 5.32 Å². The lowest BCUT2D eigenvalue weighted by molar-refractivity contribution is -0.137. The summed E-state index contributed by atoms with van der Waals surface area (Å²) in [5, 5.41) is 11.5. The third kappa shape index (κ3) is 4.90. The van der Waals surface area contributed by atoms with Gasteiger partial charge in [0.2, 0.25) is 0 Å². The molecule has 0 aliphatic rings. The molecule has 0 aliphatic carbocycles. The number of benzene rings is 1. The molecule has 1 atom stereocenters. The highest BCUT2D eigenvalue weighted by Crippen LogP contribution is 2.17. The van der Waals surface area contributed by atoms with E-state index in [0.717, 1.165) is 10.0 Å². The highest BCUT2D eigenvalue weighted by atomic mass is 79.9. The fourth-order valence-electron chi connectivity index (χ4n) is 1.63. The van der Waals surface area contributed by atoms with Crippen molar-refractivity contribution < 1.29 is 14.7 Å². The molecule has 104 valence electrons. The van der Waals surface area contributed by atoms with E-state index in [9.17, 15) is 9.59 Å². The Kier molecular flexibility index (Phi) is 5.82. The number of carboxylic acids is 1. The number of carbonyl (C=O) groups excluding carboxylic acids is 1. The molecular formula is C13H17BrN2O3. The summed E-state index contributed by atoms with van der Waals surface area (Å²) in [7, 11) is 0. The van der Waals surface area contributed by atoms with Gasteiger partial charge >= 0.3 is 12.0 Å². The van der Waals surface area contributed by atoms with Crippen LogP contribution in [-0.4, -0.2) is 35.1 Å². The van der Waals surface area contributed by atoms with Crippen LogP contribution in [0.5, 0.6) is 0 Å². The number of amides is 2. The molecule has 0 saturated heterocycles. The average molecular weight is 329 g/mol. The molecule has 5 nitrogen and oxygen atoms in total. The van der Waals surface area contributed by atoms with Crippen LogP contribution in [0.4, 0.5) is 4.79 Å². The number of aliphatic carboxylic acids is 1. The SMILES string of the molecule is CCN(CC(=O)O)C(=O)NC(C)c1cccc(Br)c1. The Morgan fingerprint density at radius 1 is 1.47 bits per heavy atom. The number of hydrogen-bond acceptors (Lipinski definition) is 2. The zero-order chi connectivity index (χ0) is 14.4. The van der Waals surface area contributed by atoms with Crippen molar-refractivity contribution in [3.05, 3.63) is 34.3 Å². The molecule has 0 bridgehead atoms. The van der Waals surface area contributed by atoms with Gasteiger partial charge in [0, 0.05) is 11.0 Å². The molecule has 1 aromatic rings. The van der Waals surface area contributed by atoms with Crippen LogP contribution in [0.15, 0.2) is 28.7 Å². The van der Waals surface area contributed by atoms with Crippen LogP contribution in [0.1, 0.15) is 25.5 Å². The number of halogens is 1. The number of carboxylic acid groups (broad SMARTS) is 1. The van der Waals surface area contributed by atoms with Gasteiger partial charge in [-0.25, -0.2) is 4.79 Å². The number of hydrogen-bond donors (Lipinski definition) is 2. The van der Waals surface area contributed by atoms with E-state index in [2.05, 4.69) is 21.2 Å². The van der Waals surface area contributed by atoms with Gasteiger partial charge in [-0.1, -0.05) is 28.1 Å². The molecule has 2 amide bonds. The minimum atomic E-state index is -1.02. The van der Waals surface area contributed by atoms with Gasteiger partial charge in [-0.2, -0.15) is 0 Å². The molecule has 0 saturated carbocycles. The highest BCUT2D eigenvalue weighted by Gasteiger charge is 2.17. The first-order valence-electron chi connectivity index (χ1n) is 5.96. The largest absolute Gasteiger partial charge is 0.480 e. The molecule has 0 spiro atoms. The maximum Gasteiger partial charge on any atom is 0.323 e. The van der Waals surface area contributed by atoms with Gasteiger partial charge in [0.15, 0.2) is 0 Å². The lowest BCUT2D eigenvalue weighted by Gasteiger charge is -2.22. The van der Waals surface area contributed by atoms with Crippen molar-refractivity contribution in [2.45, 2.75) is 19.9 Å². The lowest BCUT2D eigenvalue weighted by atomic mass is 10.1. The van der Waals surface area contributed by atoms with Gasteiger partial charge in [0.25, 0.3) is 0 Å². The van der Waals surface area contributed by atoms with Crippen molar-refractivity contribution in [2.75, 3.05) is 13.1 Å². The van der Waals surface area contributed by atoms with Crippen LogP contribution in [0, 0.1) is 0 Å². The second kappa shape index (κ2) is 7.13. The number of carbonyl (C=O) groups is 2. The molecule has 0 heterocycles. The first kappa shape index (κ1) is 15.5. The molecule has 0 aromatic heterocycles. The van der Waals surface area contributed by atoms with Crippen LogP contribution >= 0.6 is 15.9 Å². The van der Waals surface area contributed by atoms with E-state index < -0.39 is 5.97 Å². The molecule has 0 fully saturated rings.